The number of fused-ring (bicyclic) bond motifs is 2. The van der Waals surface area contributed by atoms with Gasteiger partial charge in [0.25, 0.3) is 0 Å². The van der Waals surface area contributed by atoms with Gasteiger partial charge in [0.05, 0.1) is 12.2 Å². The quantitative estimate of drug-likeness (QED) is 0.744. The topological polar surface area (TPSA) is 73.1 Å². The van der Waals surface area contributed by atoms with Gasteiger partial charge in [-0.25, -0.2) is 0 Å². The first-order valence-corrected chi connectivity index (χ1v) is 11.3. The Morgan fingerprint density at radius 3 is 2.57 bits per heavy atom. The summed E-state index contributed by atoms with van der Waals surface area (Å²) >= 11 is 6.15. The molecule has 2 heterocycles. The highest BCUT2D eigenvalue weighted by atomic mass is 35.5. The summed E-state index contributed by atoms with van der Waals surface area (Å²) in [7, 11) is 0. The fraction of sp³-hybridized carbons (Fsp3) is 0.708. The minimum absolute atomic E-state index is 0. The molecule has 1 amide bonds. The molecular formula is C24H39ClN2O3. The molecular weight excluding hydrogens is 400 g/mol. The Labute approximate surface area is 186 Å². The summed E-state index contributed by atoms with van der Waals surface area (Å²) in [5.74, 6) is 0.947. The molecule has 1 atom stereocenters. The van der Waals surface area contributed by atoms with E-state index in [0.717, 1.165) is 50.3 Å². The lowest BCUT2D eigenvalue weighted by atomic mass is 9.83. The molecule has 30 heavy (non-hydrogen) atoms. The lowest BCUT2D eigenvalue weighted by Crippen LogP contribution is -2.51. The van der Waals surface area contributed by atoms with Crippen LogP contribution < -0.4 is 5.32 Å². The maximum atomic E-state index is 12.6. The van der Waals surface area contributed by atoms with E-state index in [1.54, 1.807) is 0 Å². The monoisotopic (exact) mass is 438 g/mol. The molecule has 3 aliphatic rings. The van der Waals surface area contributed by atoms with Crippen LogP contribution in [0.1, 0.15) is 70.9 Å². The van der Waals surface area contributed by atoms with Gasteiger partial charge in [-0.1, -0.05) is 51.8 Å². The first-order chi connectivity index (χ1) is 13.5. The van der Waals surface area contributed by atoms with Crippen molar-refractivity contribution in [3.63, 3.8) is 0 Å². The summed E-state index contributed by atoms with van der Waals surface area (Å²) in [5, 5.41) is 4.15. The average molecular weight is 439 g/mol. The zero-order valence-corrected chi connectivity index (χ0v) is 18.4. The van der Waals surface area contributed by atoms with Crippen LogP contribution in [0.4, 0.5) is 0 Å². The van der Waals surface area contributed by atoms with E-state index in [1.807, 2.05) is 12.1 Å². The van der Waals surface area contributed by atoms with Crippen LogP contribution in [0.15, 0.2) is 18.2 Å². The summed E-state index contributed by atoms with van der Waals surface area (Å²) in [6.45, 7) is 8.03. The second-order valence-electron chi connectivity index (χ2n) is 9.23. The van der Waals surface area contributed by atoms with Crippen LogP contribution in [0.2, 0.25) is 5.02 Å². The molecule has 2 fully saturated rings. The summed E-state index contributed by atoms with van der Waals surface area (Å²) in [5.41, 5.74) is 2.42. The van der Waals surface area contributed by atoms with Crippen LogP contribution in [-0.4, -0.2) is 42.0 Å². The van der Waals surface area contributed by atoms with Crippen LogP contribution in [0.3, 0.4) is 0 Å². The normalized spacial score (nSPS) is 21.7. The summed E-state index contributed by atoms with van der Waals surface area (Å²) in [4.78, 5) is 15.1. The van der Waals surface area contributed by atoms with Crippen molar-refractivity contribution < 1.29 is 15.0 Å². The largest absolute Gasteiger partial charge is 0.412 e. The third-order valence-electron chi connectivity index (χ3n) is 7.04. The SMILES string of the molecule is C.CC(C)[C@H](CN1CCC2(CC1)OCc1cc(Cl)ccc12)NC(=O)C1CCCC1.O. The van der Waals surface area contributed by atoms with Crippen LogP contribution >= 0.6 is 11.6 Å². The highest BCUT2D eigenvalue weighted by Gasteiger charge is 2.43. The molecule has 5 nitrogen and oxygen atoms in total. The van der Waals surface area contributed by atoms with E-state index in [4.69, 9.17) is 16.3 Å². The Morgan fingerprint density at radius 1 is 1.27 bits per heavy atom. The number of halogens is 1. The molecule has 0 unspecified atom stereocenters. The third kappa shape index (κ3) is 5.18. The molecule has 1 saturated heterocycles. The van der Waals surface area contributed by atoms with Crippen LogP contribution in [0, 0.1) is 11.8 Å². The summed E-state index contributed by atoms with van der Waals surface area (Å²) in [6, 6.07) is 6.40. The number of nitrogens with one attached hydrogen (secondary N) is 1. The smallest absolute Gasteiger partial charge is 0.223 e. The first-order valence-electron chi connectivity index (χ1n) is 10.9. The minimum atomic E-state index is -0.142. The molecule has 1 aliphatic carbocycles. The molecule has 4 rings (SSSR count). The first kappa shape index (κ1) is 25.1. The Balaban J connectivity index is 0.00000160. The van der Waals surface area contributed by atoms with E-state index in [2.05, 4.69) is 30.1 Å². The molecule has 0 aromatic heterocycles. The highest BCUT2D eigenvalue weighted by Crippen LogP contribution is 2.44. The number of nitrogens with zero attached hydrogens (tertiary/aromatic N) is 1. The maximum absolute atomic E-state index is 12.6. The Morgan fingerprint density at radius 2 is 1.93 bits per heavy atom. The molecule has 1 saturated carbocycles. The van der Waals surface area contributed by atoms with Crippen molar-refractivity contribution in [2.24, 2.45) is 11.8 Å². The summed E-state index contributed by atoms with van der Waals surface area (Å²) < 4.78 is 6.28. The van der Waals surface area contributed by atoms with Crippen molar-refractivity contribution >= 4 is 17.5 Å². The van der Waals surface area contributed by atoms with Gasteiger partial charge < -0.3 is 20.4 Å². The molecule has 2 aliphatic heterocycles. The second-order valence-corrected chi connectivity index (χ2v) is 9.66. The van der Waals surface area contributed by atoms with Crippen molar-refractivity contribution in [2.75, 3.05) is 19.6 Å². The van der Waals surface area contributed by atoms with Gasteiger partial charge in [0.2, 0.25) is 5.91 Å². The lowest BCUT2D eigenvalue weighted by molar-refractivity contribution is -0.126. The van der Waals surface area contributed by atoms with E-state index in [9.17, 15) is 4.79 Å². The number of carbonyl (C=O) groups is 1. The molecule has 0 radical (unpaired) electrons. The number of benzene rings is 1. The van der Waals surface area contributed by atoms with E-state index >= 15 is 0 Å². The van der Waals surface area contributed by atoms with Gasteiger partial charge in [-0.15, -0.1) is 0 Å². The van der Waals surface area contributed by atoms with Crippen LogP contribution in [-0.2, 0) is 21.7 Å². The molecule has 1 aromatic carbocycles. The average Bonchev–Trinajstić information content (AvgIpc) is 3.32. The van der Waals surface area contributed by atoms with Crippen LogP contribution in [0.5, 0.6) is 0 Å². The number of carbonyl (C=O) groups excluding carboxylic acids is 1. The maximum Gasteiger partial charge on any atom is 0.223 e. The number of piperidine rings is 1. The van der Waals surface area contributed by atoms with E-state index in [0.29, 0.717) is 12.5 Å². The molecule has 170 valence electrons. The van der Waals surface area contributed by atoms with Gasteiger partial charge in [0.15, 0.2) is 0 Å². The second kappa shape index (κ2) is 10.4. The van der Waals surface area contributed by atoms with Gasteiger partial charge in [-0.05, 0) is 54.9 Å². The lowest BCUT2D eigenvalue weighted by Gasteiger charge is -2.41. The van der Waals surface area contributed by atoms with Crippen molar-refractivity contribution in [1.82, 2.24) is 10.2 Å². The van der Waals surface area contributed by atoms with Crippen molar-refractivity contribution in [3.8, 4) is 0 Å². The number of amides is 1. The number of hydrogen-bond donors (Lipinski definition) is 1. The fourth-order valence-electron chi connectivity index (χ4n) is 5.12. The zero-order chi connectivity index (χ0) is 19.7. The van der Waals surface area contributed by atoms with Crippen molar-refractivity contribution in [2.45, 2.75) is 78.0 Å². The fourth-order valence-corrected chi connectivity index (χ4v) is 5.31. The standard InChI is InChI=1S/C23H33ClN2O2.CH4.H2O/c1-16(2)21(25-22(27)17-5-3-4-6-17)14-26-11-9-23(10-12-26)20-8-7-19(24)13-18(20)15-28-23;;/h7-8,13,16-17,21H,3-6,9-12,14-15H2,1-2H3,(H,25,27);1H4;1H2/t21-;;/m0../s1. The molecule has 3 N–H and O–H groups in total. The van der Waals surface area contributed by atoms with Gasteiger partial charge in [0, 0.05) is 36.6 Å². The van der Waals surface area contributed by atoms with Crippen molar-refractivity contribution in [3.05, 3.63) is 34.3 Å². The summed E-state index contributed by atoms with van der Waals surface area (Å²) in [6.07, 6.45) is 6.52. The molecule has 0 bridgehead atoms. The van der Waals surface area contributed by atoms with E-state index < -0.39 is 0 Å². The Bertz CT molecular complexity index is 710. The number of ether oxygens (including phenoxy) is 1. The van der Waals surface area contributed by atoms with Gasteiger partial charge in [-0.3, -0.25) is 4.79 Å². The molecule has 1 spiro atoms. The molecule has 6 heteroatoms. The van der Waals surface area contributed by atoms with E-state index in [-0.39, 0.29) is 36.4 Å². The predicted molar refractivity (Wildman–Crippen MR) is 123 cm³/mol. The zero-order valence-electron chi connectivity index (χ0n) is 17.7. The minimum Gasteiger partial charge on any atom is -0.412 e. The van der Waals surface area contributed by atoms with Crippen molar-refractivity contribution in [1.29, 1.82) is 0 Å². The third-order valence-corrected chi connectivity index (χ3v) is 7.27. The van der Waals surface area contributed by atoms with Crippen LogP contribution in [0.25, 0.3) is 0 Å². The highest BCUT2D eigenvalue weighted by molar-refractivity contribution is 6.30. The molecule has 1 aromatic rings. The Hall–Kier alpha value is -1.14. The number of hydrogen-bond acceptors (Lipinski definition) is 3. The number of likely N-dealkylation sites (tertiary alicyclic amines) is 1. The van der Waals surface area contributed by atoms with Gasteiger partial charge in [0.1, 0.15) is 0 Å². The predicted octanol–water partition coefficient (Wildman–Crippen LogP) is 4.30. The Kier molecular flexibility index (Phi) is 8.75. The van der Waals surface area contributed by atoms with E-state index in [1.165, 1.54) is 24.0 Å². The van der Waals surface area contributed by atoms with Gasteiger partial charge in [-0.2, -0.15) is 0 Å². The number of rotatable bonds is 5. The van der Waals surface area contributed by atoms with Gasteiger partial charge >= 0.3 is 0 Å².